The molecular weight excluding hydrogens is 268 g/mol. The molecule has 2 heterocycles. The normalized spacial score (nSPS) is 17.9. The van der Waals surface area contributed by atoms with Crippen molar-refractivity contribution in [1.29, 1.82) is 0 Å². The van der Waals surface area contributed by atoms with E-state index >= 15 is 0 Å². The van der Waals surface area contributed by atoms with Gasteiger partial charge in [-0.05, 0) is 6.54 Å². The lowest BCUT2D eigenvalue weighted by Crippen LogP contribution is -2.48. The molecule has 1 N–H and O–H groups in total. The fourth-order valence-corrected chi connectivity index (χ4v) is 2.81. The second kappa shape index (κ2) is 5.89. The number of hydrogen-bond acceptors (Lipinski definition) is 6. The van der Waals surface area contributed by atoms with Crippen LogP contribution in [0.5, 0.6) is 0 Å². The van der Waals surface area contributed by atoms with Crippen LogP contribution >= 0.6 is 0 Å². The van der Waals surface area contributed by atoms with Crippen molar-refractivity contribution in [3.8, 4) is 0 Å². The van der Waals surface area contributed by atoms with Crippen molar-refractivity contribution in [3.05, 3.63) is 12.0 Å². The van der Waals surface area contributed by atoms with Crippen molar-refractivity contribution >= 4 is 16.0 Å². The first-order valence-electron chi connectivity index (χ1n) is 6.36. The van der Waals surface area contributed by atoms with E-state index in [-0.39, 0.29) is 0 Å². The van der Waals surface area contributed by atoms with Crippen LogP contribution in [-0.2, 0) is 16.6 Å². The number of aromatic nitrogens is 1. The summed E-state index contributed by atoms with van der Waals surface area (Å²) < 4.78 is 29.7. The minimum atomic E-state index is -3.09. The summed E-state index contributed by atoms with van der Waals surface area (Å²) in [6, 6.07) is 0.570. The second-order valence-electron chi connectivity index (χ2n) is 4.55. The third kappa shape index (κ3) is 3.68. The maximum Gasteiger partial charge on any atom is 0.297 e. The molecule has 1 fully saturated rings. The highest BCUT2D eigenvalue weighted by Gasteiger charge is 2.25. The summed E-state index contributed by atoms with van der Waals surface area (Å²) in [5, 5.41) is 3.18. The fourth-order valence-electron chi connectivity index (χ4n) is 1.99. The molecule has 0 atom stereocenters. The van der Waals surface area contributed by atoms with Crippen LogP contribution < -0.4 is 10.2 Å². The van der Waals surface area contributed by atoms with E-state index in [9.17, 15) is 8.42 Å². The van der Waals surface area contributed by atoms with Crippen LogP contribution in [0.2, 0.25) is 0 Å². The maximum absolute atomic E-state index is 11.4. The molecule has 7 nitrogen and oxygen atoms in total. The summed E-state index contributed by atoms with van der Waals surface area (Å²) in [4.78, 5) is 6.36. The fraction of sp³-hybridized carbons (Fsp3) is 0.727. The van der Waals surface area contributed by atoms with Crippen LogP contribution in [0.3, 0.4) is 0 Å². The van der Waals surface area contributed by atoms with E-state index in [1.165, 1.54) is 10.6 Å². The van der Waals surface area contributed by atoms with Gasteiger partial charge in [0.2, 0.25) is 10.0 Å². The van der Waals surface area contributed by atoms with Crippen LogP contribution in [0.25, 0.3) is 0 Å². The quantitative estimate of drug-likeness (QED) is 0.813. The molecular formula is C11H20N4O3S. The van der Waals surface area contributed by atoms with Gasteiger partial charge in [-0.25, -0.2) is 8.42 Å². The van der Waals surface area contributed by atoms with Crippen LogP contribution in [0.1, 0.15) is 12.6 Å². The van der Waals surface area contributed by atoms with Crippen LogP contribution in [-0.4, -0.2) is 56.7 Å². The summed E-state index contributed by atoms with van der Waals surface area (Å²) >= 11 is 0. The third-order valence-electron chi connectivity index (χ3n) is 3.07. The van der Waals surface area contributed by atoms with E-state index in [1.807, 2.05) is 11.8 Å². The number of oxazole rings is 1. The Morgan fingerprint density at radius 1 is 1.37 bits per heavy atom. The third-order valence-corrected chi connectivity index (χ3v) is 4.38. The lowest BCUT2D eigenvalue weighted by atomic mass is 10.4. The Kier molecular flexibility index (Phi) is 4.43. The molecule has 0 radical (unpaired) electrons. The Labute approximate surface area is 113 Å². The first-order valence-corrected chi connectivity index (χ1v) is 8.20. The predicted molar refractivity (Wildman–Crippen MR) is 72.5 cm³/mol. The zero-order valence-electron chi connectivity index (χ0n) is 11.3. The van der Waals surface area contributed by atoms with Gasteiger partial charge < -0.3 is 14.6 Å². The van der Waals surface area contributed by atoms with Crippen molar-refractivity contribution in [3.63, 3.8) is 0 Å². The van der Waals surface area contributed by atoms with Gasteiger partial charge in [0.25, 0.3) is 6.01 Å². The van der Waals surface area contributed by atoms with Crippen molar-refractivity contribution < 1.29 is 12.8 Å². The smallest absolute Gasteiger partial charge is 0.297 e. The molecule has 8 heteroatoms. The molecule has 0 amide bonds. The average molecular weight is 288 g/mol. The lowest BCUT2D eigenvalue weighted by molar-refractivity contribution is 0.374. The topological polar surface area (TPSA) is 78.7 Å². The molecule has 0 aromatic carbocycles. The van der Waals surface area contributed by atoms with Gasteiger partial charge in [-0.1, -0.05) is 6.92 Å². The van der Waals surface area contributed by atoms with Crippen molar-refractivity contribution in [2.45, 2.75) is 13.5 Å². The van der Waals surface area contributed by atoms with Gasteiger partial charge in [0.1, 0.15) is 6.26 Å². The zero-order chi connectivity index (χ0) is 13.9. The summed E-state index contributed by atoms with van der Waals surface area (Å²) in [5.74, 6) is 0. The Bertz CT molecular complexity index is 506. The lowest BCUT2D eigenvalue weighted by Gasteiger charge is -2.32. The van der Waals surface area contributed by atoms with E-state index in [0.717, 1.165) is 12.2 Å². The van der Waals surface area contributed by atoms with Crippen LogP contribution in [0.15, 0.2) is 10.7 Å². The maximum atomic E-state index is 11.4. The molecule has 19 heavy (non-hydrogen) atoms. The molecule has 1 aromatic heterocycles. The van der Waals surface area contributed by atoms with Gasteiger partial charge in [-0.15, -0.1) is 0 Å². The van der Waals surface area contributed by atoms with Crippen molar-refractivity contribution in [2.75, 3.05) is 43.9 Å². The van der Waals surface area contributed by atoms with Crippen molar-refractivity contribution in [2.24, 2.45) is 0 Å². The van der Waals surface area contributed by atoms with E-state index in [4.69, 9.17) is 4.42 Å². The van der Waals surface area contributed by atoms with Crippen molar-refractivity contribution in [1.82, 2.24) is 14.6 Å². The molecule has 2 rings (SSSR count). The summed E-state index contributed by atoms with van der Waals surface area (Å²) in [5.41, 5.74) is 0.863. The van der Waals surface area contributed by atoms with Gasteiger partial charge in [-0.3, -0.25) is 0 Å². The highest BCUT2D eigenvalue weighted by molar-refractivity contribution is 7.88. The van der Waals surface area contributed by atoms with Gasteiger partial charge in [-0.2, -0.15) is 9.29 Å². The Balaban J connectivity index is 1.92. The zero-order valence-corrected chi connectivity index (χ0v) is 12.1. The highest BCUT2D eigenvalue weighted by Crippen LogP contribution is 2.16. The van der Waals surface area contributed by atoms with Gasteiger partial charge in [0, 0.05) is 32.7 Å². The summed E-state index contributed by atoms with van der Waals surface area (Å²) in [6.07, 6.45) is 2.88. The first-order chi connectivity index (χ1) is 9.00. The molecule has 0 aliphatic carbocycles. The highest BCUT2D eigenvalue weighted by atomic mass is 32.2. The first kappa shape index (κ1) is 14.3. The van der Waals surface area contributed by atoms with E-state index in [0.29, 0.717) is 38.7 Å². The molecule has 0 unspecified atom stereocenters. The van der Waals surface area contributed by atoms with E-state index in [2.05, 4.69) is 10.3 Å². The molecule has 108 valence electrons. The molecule has 1 aliphatic rings. The number of nitrogens with zero attached hydrogens (tertiary/aromatic N) is 3. The Morgan fingerprint density at radius 3 is 2.63 bits per heavy atom. The number of piperazine rings is 1. The molecule has 1 aliphatic heterocycles. The molecule has 0 spiro atoms. The molecule has 1 saturated heterocycles. The van der Waals surface area contributed by atoms with E-state index in [1.54, 1.807) is 6.26 Å². The monoisotopic (exact) mass is 288 g/mol. The SMILES string of the molecule is CCNCc1coc(N2CCN(S(C)(=O)=O)CC2)n1. The van der Waals surface area contributed by atoms with Gasteiger partial charge >= 0.3 is 0 Å². The largest absolute Gasteiger partial charge is 0.432 e. The Morgan fingerprint density at radius 2 is 2.05 bits per heavy atom. The average Bonchev–Trinajstić information content (AvgIpc) is 2.84. The number of hydrogen-bond donors (Lipinski definition) is 1. The summed E-state index contributed by atoms with van der Waals surface area (Å²) in [6.45, 7) is 5.76. The standard InChI is InChI=1S/C11H20N4O3S/c1-3-12-8-10-9-18-11(13-10)14-4-6-15(7-5-14)19(2,16)17/h9,12H,3-8H2,1-2H3. The van der Waals surface area contributed by atoms with Gasteiger partial charge in [0.15, 0.2) is 0 Å². The van der Waals surface area contributed by atoms with E-state index < -0.39 is 10.0 Å². The minimum absolute atomic E-state index is 0.476. The Hall–Kier alpha value is -1.12. The number of rotatable bonds is 5. The molecule has 0 bridgehead atoms. The second-order valence-corrected chi connectivity index (χ2v) is 6.53. The molecule has 0 saturated carbocycles. The number of anilines is 1. The minimum Gasteiger partial charge on any atom is -0.432 e. The summed E-state index contributed by atoms with van der Waals surface area (Å²) in [7, 11) is -3.09. The predicted octanol–water partition coefficient (Wildman–Crippen LogP) is -0.134. The van der Waals surface area contributed by atoms with Crippen LogP contribution in [0.4, 0.5) is 6.01 Å². The van der Waals surface area contributed by atoms with Crippen LogP contribution in [0, 0.1) is 0 Å². The number of nitrogens with one attached hydrogen (secondary N) is 1. The molecule has 1 aromatic rings. The number of sulfonamides is 1. The van der Waals surface area contributed by atoms with Gasteiger partial charge in [0.05, 0.1) is 11.9 Å².